The third kappa shape index (κ3) is 5.49. The van der Waals surface area contributed by atoms with Crippen LogP contribution in [0.3, 0.4) is 0 Å². The van der Waals surface area contributed by atoms with E-state index in [1.807, 2.05) is 44.2 Å². The third-order valence-corrected chi connectivity index (χ3v) is 3.00. The average Bonchev–Trinajstić information content (AvgIpc) is 2.42. The molecule has 3 N–H and O–H groups in total. The first-order valence-corrected chi connectivity index (χ1v) is 6.33. The third-order valence-electron chi connectivity index (χ3n) is 3.00. The minimum absolute atomic E-state index is 0.144. The lowest BCUT2D eigenvalue weighted by Gasteiger charge is -2.21. The quantitative estimate of drug-likeness (QED) is 0.647. The van der Waals surface area contributed by atoms with Crippen LogP contribution in [0.15, 0.2) is 30.3 Å². The molecule has 0 radical (unpaired) electrons. The van der Waals surface area contributed by atoms with Gasteiger partial charge >= 0.3 is 0 Å². The van der Waals surface area contributed by atoms with Gasteiger partial charge in [-0.15, -0.1) is 0 Å². The van der Waals surface area contributed by atoms with Crippen LogP contribution in [0, 0.1) is 5.92 Å². The second kappa shape index (κ2) is 8.08. The van der Waals surface area contributed by atoms with Gasteiger partial charge in [-0.25, -0.2) is 0 Å². The zero-order chi connectivity index (χ0) is 13.4. The van der Waals surface area contributed by atoms with E-state index in [9.17, 15) is 5.11 Å². The number of ether oxygens (including phenoxy) is 1. The highest BCUT2D eigenvalue weighted by Gasteiger charge is 2.12. The molecule has 0 aromatic heterocycles. The van der Waals surface area contributed by atoms with E-state index in [0.29, 0.717) is 6.54 Å². The molecule has 0 aliphatic carbocycles. The van der Waals surface area contributed by atoms with Gasteiger partial charge in [0.15, 0.2) is 0 Å². The van der Waals surface area contributed by atoms with E-state index in [1.165, 1.54) is 0 Å². The van der Waals surface area contributed by atoms with Crippen molar-refractivity contribution in [3.8, 4) is 5.75 Å². The van der Waals surface area contributed by atoms with Crippen molar-refractivity contribution in [1.29, 1.82) is 0 Å². The van der Waals surface area contributed by atoms with Crippen molar-refractivity contribution < 1.29 is 14.9 Å². The Morgan fingerprint density at radius 2 is 1.89 bits per heavy atom. The normalized spacial score (nSPS) is 16.0. The van der Waals surface area contributed by atoms with Gasteiger partial charge in [-0.2, -0.15) is 0 Å². The highest BCUT2D eigenvalue weighted by Crippen LogP contribution is 2.08. The van der Waals surface area contributed by atoms with Crippen molar-refractivity contribution >= 4 is 0 Å². The van der Waals surface area contributed by atoms with E-state index >= 15 is 0 Å². The summed E-state index contributed by atoms with van der Waals surface area (Å²) in [5.74, 6) is 0.931. The summed E-state index contributed by atoms with van der Waals surface area (Å²) >= 11 is 0. The molecule has 18 heavy (non-hydrogen) atoms. The predicted octanol–water partition coefficient (Wildman–Crippen LogP) is 1.03. The van der Waals surface area contributed by atoms with E-state index in [2.05, 4.69) is 5.32 Å². The fourth-order valence-corrected chi connectivity index (χ4v) is 1.45. The fraction of sp³-hybridized carbons (Fsp3) is 0.571. The average molecular weight is 253 g/mol. The minimum atomic E-state index is -0.557. The highest BCUT2D eigenvalue weighted by atomic mass is 16.5. The molecule has 0 aliphatic rings. The molecular weight excluding hydrogens is 230 g/mol. The predicted molar refractivity (Wildman–Crippen MR) is 71.7 cm³/mol. The molecule has 1 aromatic rings. The molecule has 3 unspecified atom stereocenters. The number of hydrogen-bond donors (Lipinski definition) is 3. The molecule has 0 aliphatic heterocycles. The van der Waals surface area contributed by atoms with Gasteiger partial charge in [0.05, 0.1) is 0 Å². The van der Waals surface area contributed by atoms with Gasteiger partial charge < -0.3 is 20.3 Å². The van der Waals surface area contributed by atoms with E-state index in [1.54, 1.807) is 0 Å². The molecule has 0 fully saturated rings. The van der Waals surface area contributed by atoms with Crippen molar-refractivity contribution in [1.82, 2.24) is 5.32 Å². The zero-order valence-electron chi connectivity index (χ0n) is 11.0. The Balaban J connectivity index is 2.20. The van der Waals surface area contributed by atoms with Gasteiger partial charge in [0, 0.05) is 19.2 Å². The molecule has 0 heterocycles. The molecule has 4 nitrogen and oxygen atoms in total. The van der Waals surface area contributed by atoms with Gasteiger partial charge in [0.1, 0.15) is 18.5 Å². The van der Waals surface area contributed by atoms with Crippen LogP contribution in [0.25, 0.3) is 0 Å². The van der Waals surface area contributed by atoms with Crippen LogP contribution in [0.4, 0.5) is 0 Å². The number of para-hydroxylation sites is 1. The van der Waals surface area contributed by atoms with Crippen LogP contribution in [0.1, 0.15) is 13.8 Å². The van der Waals surface area contributed by atoms with Crippen molar-refractivity contribution in [2.45, 2.75) is 26.0 Å². The van der Waals surface area contributed by atoms with Gasteiger partial charge in [-0.05, 0) is 25.0 Å². The standard InChI is InChI=1S/C14H23NO3/c1-11(9-16)12(2)15-8-13(17)10-18-14-6-4-3-5-7-14/h3-7,11-13,15-17H,8-10H2,1-2H3. The minimum Gasteiger partial charge on any atom is -0.491 e. The molecular formula is C14H23NO3. The van der Waals surface area contributed by atoms with Crippen LogP contribution in [-0.4, -0.2) is 42.1 Å². The summed E-state index contributed by atoms with van der Waals surface area (Å²) in [5.41, 5.74) is 0. The smallest absolute Gasteiger partial charge is 0.119 e. The summed E-state index contributed by atoms with van der Waals surface area (Å²) in [5, 5.41) is 21.9. The van der Waals surface area contributed by atoms with E-state index in [-0.39, 0.29) is 25.2 Å². The topological polar surface area (TPSA) is 61.7 Å². The molecule has 3 atom stereocenters. The van der Waals surface area contributed by atoms with Crippen molar-refractivity contribution in [2.75, 3.05) is 19.8 Å². The van der Waals surface area contributed by atoms with Crippen molar-refractivity contribution in [3.63, 3.8) is 0 Å². The van der Waals surface area contributed by atoms with E-state index in [4.69, 9.17) is 9.84 Å². The summed E-state index contributed by atoms with van der Waals surface area (Å²) in [7, 11) is 0. The van der Waals surface area contributed by atoms with Gasteiger partial charge in [-0.1, -0.05) is 25.1 Å². The van der Waals surface area contributed by atoms with Crippen LogP contribution in [0.5, 0.6) is 5.75 Å². The zero-order valence-corrected chi connectivity index (χ0v) is 11.0. The Hall–Kier alpha value is -1.10. The Morgan fingerprint density at radius 1 is 1.22 bits per heavy atom. The number of aliphatic hydroxyl groups excluding tert-OH is 2. The van der Waals surface area contributed by atoms with Crippen LogP contribution in [0.2, 0.25) is 0 Å². The maximum absolute atomic E-state index is 9.76. The van der Waals surface area contributed by atoms with E-state index < -0.39 is 6.10 Å². The lowest BCUT2D eigenvalue weighted by Crippen LogP contribution is -2.40. The van der Waals surface area contributed by atoms with E-state index in [0.717, 1.165) is 5.75 Å². The number of rotatable bonds is 8. The first-order chi connectivity index (χ1) is 8.63. The molecule has 4 heteroatoms. The van der Waals surface area contributed by atoms with Crippen LogP contribution < -0.4 is 10.1 Å². The van der Waals surface area contributed by atoms with Gasteiger partial charge in [0.25, 0.3) is 0 Å². The molecule has 1 rings (SSSR count). The first kappa shape index (κ1) is 15.0. The highest BCUT2D eigenvalue weighted by molar-refractivity contribution is 5.20. The largest absolute Gasteiger partial charge is 0.491 e. The summed E-state index contributed by atoms with van der Waals surface area (Å²) in [6.07, 6.45) is -0.557. The Kier molecular flexibility index (Phi) is 6.72. The number of hydrogen-bond acceptors (Lipinski definition) is 4. The molecule has 0 saturated heterocycles. The lowest BCUT2D eigenvalue weighted by atomic mass is 10.1. The molecule has 102 valence electrons. The molecule has 0 bridgehead atoms. The van der Waals surface area contributed by atoms with Crippen LogP contribution in [-0.2, 0) is 0 Å². The Bertz CT molecular complexity index is 318. The summed E-state index contributed by atoms with van der Waals surface area (Å²) in [6.45, 7) is 4.82. The monoisotopic (exact) mass is 253 g/mol. The number of benzene rings is 1. The molecule has 0 saturated carbocycles. The molecule has 1 aromatic carbocycles. The molecule has 0 amide bonds. The second-order valence-electron chi connectivity index (χ2n) is 4.63. The summed E-state index contributed by atoms with van der Waals surface area (Å²) < 4.78 is 5.45. The fourth-order valence-electron chi connectivity index (χ4n) is 1.45. The Morgan fingerprint density at radius 3 is 2.50 bits per heavy atom. The maximum Gasteiger partial charge on any atom is 0.119 e. The summed E-state index contributed by atoms with van der Waals surface area (Å²) in [4.78, 5) is 0. The summed E-state index contributed by atoms with van der Waals surface area (Å²) in [6, 6.07) is 9.59. The number of aliphatic hydroxyl groups is 2. The van der Waals surface area contributed by atoms with Crippen molar-refractivity contribution in [2.24, 2.45) is 5.92 Å². The lowest BCUT2D eigenvalue weighted by molar-refractivity contribution is 0.0992. The van der Waals surface area contributed by atoms with Crippen LogP contribution >= 0.6 is 0 Å². The maximum atomic E-state index is 9.76. The first-order valence-electron chi connectivity index (χ1n) is 6.33. The van der Waals surface area contributed by atoms with Crippen molar-refractivity contribution in [3.05, 3.63) is 30.3 Å². The second-order valence-corrected chi connectivity index (χ2v) is 4.63. The number of nitrogens with one attached hydrogen (secondary N) is 1. The van der Waals surface area contributed by atoms with Gasteiger partial charge in [0.2, 0.25) is 0 Å². The Labute approximate surface area is 109 Å². The molecule has 0 spiro atoms. The van der Waals surface area contributed by atoms with Gasteiger partial charge in [-0.3, -0.25) is 0 Å². The SMILES string of the molecule is CC(CO)C(C)NCC(O)COc1ccccc1.